The molecule has 0 heterocycles. The fraction of sp³-hybridized carbons (Fsp3) is 0.789. The minimum atomic E-state index is 0.374. The van der Waals surface area contributed by atoms with Crippen molar-refractivity contribution in [3.05, 3.63) is 48.6 Å². The fourth-order valence-electron chi connectivity index (χ4n) is 5.29. The second-order valence-electron chi connectivity index (χ2n) is 12.0. The molecule has 1 nitrogen and oxygen atoms in total. The van der Waals surface area contributed by atoms with Crippen LogP contribution in [0.25, 0.3) is 0 Å². The van der Waals surface area contributed by atoms with E-state index >= 15 is 0 Å². The van der Waals surface area contributed by atoms with Gasteiger partial charge in [-0.2, -0.15) is 0 Å². The Bertz CT molecular complexity index is 569. The number of hydrogen-bond donors (Lipinski definition) is 1. The summed E-state index contributed by atoms with van der Waals surface area (Å²) in [7, 11) is 0. The fourth-order valence-corrected chi connectivity index (χ4v) is 5.29. The van der Waals surface area contributed by atoms with Crippen LogP contribution in [0.1, 0.15) is 175 Å². The maximum Gasteiger partial charge on any atom is 0.0461 e. The molecule has 0 aromatic carbocycles. The number of rotatable bonds is 30. The molecule has 39 heavy (non-hydrogen) atoms. The zero-order chi connectivity index (χ0) is 28.5. The third-order valence-corrected chi connectivity index (χ3v) is 8.17. The topological polar surface area (TPSA) is 20.2 Å². The Balaban J connectivity index is 3.56. The largest absolute Gasteiger partial charge is 0.396 e. The molecule has 0 aliphatic rings. The average molecular weight is 543 g/mol. The third kappa shape index (κ3) is 29.7. The quantitative estimate of drug-likeness (QED) is 0.0706. The molecule has 0 saturated carbocycles. The lowest BCUT2D eigenvalue weighted by Crippen LogP contribution is -2.16. The predicted octanol–water partition coefficient (Wildman–Crippen LogP) is 12.9. The first-order chi connectivity index (χ1) is 19.3. The molecule has 2 atom stereocenters. The normalized spacial score (nSPS) is 14.1. The van der Waals surface area contributed by atoms with E-state index in [1.165, 1.54) is 141 Å². The maximum absolute atomic E-state index is 9.91. The Hall–Kier alpha value is -1.08. The molecule has 1 heteroatoms. The predicted molar refractivity (Wildman–Crippen MR) is 178 cm³/mol. The summed E-state index contributed by atoms with van der Waals surface area (Å²) in [5.74, 6) is 1.17. The van der Waals surface area contributed by atoms with Gasteiger partial charge in [-0.05, 0) is 82.5 Å². The lowest BCUT2D eigenvalue weighted by atomic mass is 9.86. The van der Waals surface area contributed by atoms with Gasteiger partial charge in [-0.25, -0.2) is 0 Å². The summed E-state index contributed by atoms with van der Waals surface area (Å²) in [5.41, 5.74) is 0. The highest BCUT2D eigenvalue weighted by molar-refractivity contribution is 4.93. The van der Waals surface area contributed by atoms with Gasteiger partial charge in [-0.3, -0.25) is 0 Å². The molecular formula is C38H70O. The van der Waals surface area contributed by atoms with Gasteiger partial charge in [-0.15, -0.1) is 0 Å². The van der Waals surface area contributed by atoms with Gasteiger partial charge < -0.3 is 5.11 Å². The van der Waals surface area contributed by atoms with Gasteiger partial charge in [0, 0.05) is 6.61 Å². The van der Waals surface area contributed by atoms with E-state index in [0.717, 1.165) is 12.8 Å². The van der Waals surface area contributed by atoms with Crippen LogP contribution in [-0.4, -0.2) is 11.7 Å². The van der Waals surface area contributed by atoms with Crippen molar-refractivity contribution in [2.45, 2.75) is 175 Å². The first kappa shape index (κ1) is 37.9. The number of allylic oxidation sites excluding steroid dienone is 8. The van der Waals surface area contributed by atoms with Gasteiger partial charge >= 0.3 is 0 Å². The summed E-state index contributed by atoms with van der Waals surface area (Å²) < 4.78 is 0. The summed E-state index contributed by atoms with van der Waals surface area (Å²) in [6.07, 6.45) is 49.8. The van der Waals surface area contributed by atoms with Crippen molar-refractivity contribution in [1.82, 2.24) is 0 Å². The Morgan fingerprint density at radius 2 is 0.795 bits per heavy atom. The highest BCUT2D eigenvalue weighted by Crippen LogP contribution is 2.24. The van der Waals surface area contributed by atoms with E-state index in [9.17, 15) is 5.11 Å². The van der Waals surface area contributed by atoms with Gasteiger partial charge in [0.2, 0.25) is 0 Å². The summed E-state index contributed by atoms with van der Waals surface area (Å²) in [4.78, 5) is 0. The Labute approximate surface area is 246 Å². The molecule has 1 N–H and O–H groups in total. The van der Waals surface area contributed by atoms with Gasteiger partial charge in [0.25, 0.3) is 0 Å². The van der Waals surface area contributed by atoms with Gasteiger partial charge in [-0.1, -0.05) is 153 Å². The second kappa shape index (κ2) is 33.1. The van der Waals surface area contributed by atoms with Crippen LogP contribution < -0.4 is 0 Å². The van der Waals surface area contributed by atoms with E-state index in [1.807, 2.05) is 0 Å². The molecule has 0 rings (SSSR count). The molecule has 0 saturated heterocycles. The van der Waals surface area contributed by atoms with E-state index in [-0.39, 0.29) is 0 Å². The molecule has 228 valence electrons. The zero-order valence-electron chi connectivity index (χ0n) is 26.9. The second-order valence-corrected chi connectivity index (χ2v) is 12.0. The van der Waals surface area contributed by atoms with E-state index in [1.54, 1.807) is 0 Å². The van der Waals surface area contributed by atoms with Crippen LogP contribution in [0.2, 0.25) is 0 Å². The van der Waals surface area contributed by atoms with Crippen LogP contribution in [0.3, 0.4) is 0 Å². The van der Waals surface area contributed by atoms with Crippen molar-refractivity contribution in [1.29, 1.82) is 0 Å². The molecule has 2 unspecified atom stereocenters. The summed E-state index contributed by atoms with van der Waals surface area (Å²) in [6, 6.07) is 0. The minimum absolute atomic E-state index is 0.374. The van der Waals surface area contributed by atoms with E-state index < -0.39 is 0 Å². The van der Waals surface area contributed by atoms with E-state index in [0.29, 0.717) is 18.4 Å². The van der Waals surface area contributed by atoms with Crippen LogP contribution in [0.5, 0.6) is 0 Å². The zero-order valence-corrected chi connectivity index (χ0v) is 26.9. The van der Waals surface area contributed by atoms with Crippen molar-refractivity contribution in [3.8, 4) is 0 Å². The van der Waals surface area contributed by atoms with Gasteiger partial charge in [0.15, 0.2) is 0 Å². The number of aliphatic hydroxyl groups is 1. The highest BCUT2D eigenvalue weighted by Gasteiger charge is 2.15. The van der Waals surface area contributed by atoms with Crippen molar-refractivity contribution in [2.75, 3.05) is 6.61 Å². The van der Waals surface area contributed by atoms with Gasteiger partial charge in [0.1, 0.15) is 0 Å². The average Bonchev–Trinajstić information content (AvgIpc) is 2.95. The lowest BCUT2D eigenvalue weighted by molar-refractivity contribution is 0.163. The molecule has 0 aromatic heterocycles. The summed E-state index contributed by atoms with van der Waals surface area (Å²) in [5, 5.41) is 9.91. The van der Waals surface area contributed by atoms with Crippen LogP contribution in [0, 0.1) is 11.8 Å². The van der Waals surface area contributed by atoms with Crippen molar-refractivity contribution in [3.63, 3.8) is 0 Å². The third-order valence-electron chi connectivity index (χ3n) is 8.17. The minimum Gasteiger partial charge on any atom is -0.396 e. The molecular weight excluding hydrogens is 472 g/mol. The van der Waals surface area contributed by atoms with Crippen LogP contribution in [-0.2, 0) is 0 Å². The number of aliphatic hydroxyl groups excluding tert-OH is 1. The monoisotopic (exact) mass is 543 g/mol. The molecule has 0 amide bonds. The summed E-state index contributed by atoms with van der Waals surface area (Å²) >= 11 is 0. The first-order valence-corrected chi connectivity index (χ1v) is 17.5. The van der Waals surface area contributed by atoms with E-state index in [2.05, 4.69) is 69.4 Å². The van der Waals surface area contributed by atoms with Gasteiger partial charge in [0.05, 0.1) is 0 Å². The highest BCUT2D eigenvalue weighted by atomic mass is 16.3. The summed E-state index contributed by atoms with van der Waals surface area (Å²) in [6.45, 7) is 7.27. The molecule has 0 spiro atoms. The van der Waals surface area contributed by atoms with Crippen LogP contribution in [0.15, 0.2) is 48.6 Å². The molecule has 0 radical (unpaired) electrons. The number of hydrogen-bond acceptors (Lipinski definition) is 1. The smallest absolute Gasteiger partial charge is 0.0461 e. The standard InChI is InChI=1S/C38H70O/c1-4-6-8-10-12-14-16-18-20-22-24-26-28-30-32-34-37(3)38(36-39)35-33-31-29-27-25-23-21-19-17-15-13-11-9-7-5-2/h12-15,18-21,37-39H,4-11,16-17,22-36H2,1-3H3/b14-12-,15-13-,20-18-,21-19-. The SMILES string of the molecule is CCCCC/C=C\C/C=C\CCCCCCCC(C)C(CO)CCCCCCC/C=C\C/C=C\CCCCC. The van der Waals surface area contributed by atoms with Crippen molar-refractivity contribution in [2.24, 2.45) is 11.8 Å². The van der Waals surface area contributed by atoms with Crippen molar-refractivity contribution < 1.29 is 5.11 Å². The van der Waals surface area contributed by atoms with Crippen LogP contribution >= 0.6 is 0 Å². The molecule has 0 aromatic rings. The maximum atomic E-state index is 9.91. The molecule has 0 aliphatic heterocycles. The molecule has 0 aliphatic carbocycles. The number of unbranched alkanes of at least 4 members (excludes halogenated alkanes) is 16. The lowest BCUT2D eigenvalue weighted by Gasteiger charge is -2.22. The van der Waals surface area contributed by atoms with E-state index in [4.69, 9.17) is 0 Å². The molecule has 0 bridgehead atoms. The Morgan fingerprint density at radius 1 is 0.436 bits per heavy atom. The van der Waals surface area contributed by atoms with Crippen LogP contribution in [0.4, 0.5) is 0 Å². The molecule has 0 fully saturated rings. The first-order valence-electron chi connectivity index (χ1n) is 17.5. The Morgan fingerprint density at radius 3 is 1.21 bits per heavy atom. The van der Waals surface area contributed by atoms with Crippen molar-refractivity contribution >= 4 is 0 Å². The Kier molecular flexibility index (Phi) is 32.2.